The van der Waals surface area contributed by atoms with Crippen molar-refractivity contribution in [3.05, 3.63) is 0 Å². The van der Waals surface area contributed by atoms with Crippen LogP contribution >= 0.6 is 23.5 Å². The molecule has 19 nitrogen and oxygen atoms in total. The number of thioether (sulfide) groups is 2. The van der Waals surface area contributed by atoms with Crippen molar-refractivity contribution in [3.8, 4) is 0 Å². The van der Waals surface area contributed by atoms with Crippen molar-refractivity contribution in [1.82, 2.24) is 0 Å². The molecule has 0 saturated carbocycles. The van der Waals surface area contributed by atoms with Crippen molar-refractivity contribution in [2.75, 3.05) is 275 Å². The smallest absolute Gasteiger partial charge is 0.0701 e. The Morgan fingerprint density at radius 2 is 0.222 bits per heavy atom. The molecule has 63 heavy (non-hydrogen) atoms. The van der Waals surface area contributed by atoms with Gasteiger partial charge in [-0.2, -0.15) is 23.5 Å². The molecule has 0 N–H and O–H groups in total. The quantitative estimate of drug-likeness (QED) is 0.0810. The van der Waals surface area contributed by atoms with Gasteiger partial charge in [0.2, 0.25) is 0 Å². The van der Waals surface area contributed by atoms with Crippen molar-refractivity contribution < 1.29 is 90.0 Å². The molecule has 0 rings (SSSR count). The van der Waals surface area contributed by atoms with Gasteiger partial charge in [0.05, 0.1) is 251 Å². The first kappa shape index (κ1) is 62.9. The molecule has 0 aromatic rings. The van der Waals surface area contributed by atoms with Crippen molar-refractivity contribution in [1.29, 1.82) is 0 Å². The zero-order valence-corrected chi connectivity index (χ0v) is 40.5. The summed E-state index contributed by atoms with van der Waals surface area (Å²) in [5.74, 6) is 2.01. The van der Waals surface area contributed by atoms with Gasteiger partial charge in [0.15, 0.2) is 0 Å². The monoisotopic (exact) mass is 959 g/mol. The summed E-state index contributed by atoms with van der Waals surface area (Å²) in [6.45, 7) is 20.3. The van der Waals surface area contributed by atoms with Gasteiger partial charge in [0, 0.05) is 11.5 Å². The Bertz CT molecular complexity index is 731. The lowest BCUT2D eigenvalue weighted by Crippen LogP contribution is -2.16. The van der Waals surface area contributed by atoms with Crippen LogP contribution in [0.15, 0.2) is 0 Å². The Labute approximate surface area is 387 Å². The van der Waals surface area contributed by atoms with Crippen LogP contribution < -0.4 is 0 Å². The normalized spacial score (nSPS) is 11.7. The Kier molecular flexibility index (Phi) is 61.9. The summed E-state index contributed by atoms with van der Waals surface area (Å²) >= 11 is 3.54. The van der Waals surface area contributed by atoms with E-state index in [1.54, 1.807) is 23.5 Å². The summed E-state index contributed by atoms with van der Waals surface area (Å²) in [6.07, 6.45) is 4.12. The molecule has 21 heteroatoms. The second kappa shape index (κ2) is 61.9. The fraction of sp³-hybridized carbons (Fsp3) is 1.00. The zero-order valence-electron chi connectivity index (χ0n) is 38.9. The lowest BCUT2D eigenvalue weighted by Gasteiger charge is -2.09. The van der Waals surface area contributed by atoms with E-state index < -0.39 is 0 Å². The summed E-state index contributed by atoms with van der Waals surface area (Å²) in [5, 5.41) is 0. The Morgan fingerprint density at radius 3 is 0.302 bits per heavy atom. The minimum atomic E-state index is 0.497. The summed E-state index contributed by atoms with van der Waals surface area (Å²) < 4.78 is 104. The van der Waals surface area contributed by atoms with Gasteiger partial charge in [-0.15, -0.1) is 0 Å². The maximum Gasteiger partial charge on any atom is 0.0701 e. The Morgan fingerprint density at radius 1 is 0.143 bits per heavy atom. The summed E-state index contributed by atoms with van der Waals surface area (Å²) in [6, 6.07) is 0. The van der Waals surface area contributed by atoms with E-state index in [-0.39, 0.29) is 0 Å². The number of ether oxygens (including phenoxy) is 19. The van der Waals surface area contributed by atoms with Crippen LogP contribution in [0.2, 0.25) is 0 Å². The Hall–Kier alpha value is -0.0600. The zero-order chi connectivity index (χ0) is 45.1. The van der Waals surface area contributed by atoms with Gasteiger partial charge in [-0.1, -0.05) is 0 Å². The lowest BCUT2D eigenvalue weighted by atomic mass is 10.6. The Balaban J connectivity index is 3.06. The standard InChI is InChI=1S/C42H86O19S2/c1-62-41-39-60-37-35-58-33-31-56-29-27-54-25-23-52-21-19-50-17-15-48-13-11-46-9-7-44-5-3-43-4-6-45-8-10-47-12-14-49-16-18-51-20-22-53-24-26-55-28-30-57-32-34-59-36-38-61-40-42-63-2/h3-42H2,1-2H3. The molecule has 0 bridgehead atoms. The van der Waals surface area contributed by atoms with Gasteiger partial charge >= 0.3 is 0 Å². The van der Waals surface area contributed by atoms with E-state index in [1.807, 2.05) is 0 Å². The van der Waals surface area contributed by atoms with Crippen LogP contribution in [0.3, 0.4) is 0 Å². The second-order valence-electron chi connectivity index (χ2n) is 12.6. The van der Waals surface area contributed by atoms with Gasteiger partial charge in [-0.25, -0.2) is 0 Å². The van der Waals surface area contributed by atoms with Crippen LogP contribution in [-0.2, 0) is 90.0 Å². The second-order valence-corrected chi connectivity index (χ2v) is 14.6. The third-order valence-corrected chi connectivity index (χ3v) is 8.71. The van der Waals surface area contributed by atoms with Gasteiger partial charge in [-0.3, -0.25) is 0 Å². The summed E-state index contributed by atoms with van der Waals surface area (Å²) in [4.78, 5) is 0. The molecular formula is C42H86O19S2. The molecule has 0 fully saturated rings. The predicted octanol–water partition coefficient (Wildman–Crippen LogP) is 2.03. The molecule has 0 spiro atoms. The molecule has 0 aromatic heterocycles. The highest BCUT2D eigenvalue weighted by Crippen LogP contribution is 1.93. The van der Waals surface area contributed by atoms with Crippen LogP contribution in [0.1, 0.15) is 0 Å². The number of hydrogen-bond donors (Lipinski definition) is 0. The van der Waals surface area contributed by atoms with Gasteiger partial charge in [-0.05, 0) is 12.5 Å². The average molecular weight is 959 g/mol. The van der Waals surface area contributed by atoms with E-state index in [9.17, 15) is 0 Å². The highest BCUT2D eigenvalue weighted by molar-refractivity contribution is 7.98. The molecule has 0 heterocycles. The van der Waals surface area contributed by atoms with E-state index in [0.29, 0.717) is 238 Å². The third-order valence-electron chi connectivity index (χ3n) is 7.56. The molecule has 0 atom stereocenters. The fourth-order valence-electron chi connectivity index (χ4n) is 4.35. The number of hydrogen-bond acceptors (Lipinski definition) is 21. The van der Waals surface area contributed by atoms with E-state index in [2.05, 4.69) is 12.5 Å². The minimum Gasteiger partial charge on any atom is -0.378 e. The highest BCUT2D eigenvalue weighted by Gasteiger charge is 1.99. The molecule has 0 saturated heterocycles. The van der Waals surface area contributed by atoms with Crippen LogP contribution in [0.5, 0.6) is 0 Å². The van der Waals surface area contributed by atoms with E-state index in [0.717, 1.165) is 24.7 Å². The van der Waals surface area contributed by atoms with Crippen LogP contribution in [-0.4, -0.2) is 275 Å². The fourth-order valence-corrected chi connectivity index (χ4v) is 4.91. The molecule has 0 aliphatic carbocycles. The highest BCUT2D eigenvalue weighted by atomic mass is 32.2. The van der Waals surface area contributed by atoms with Crippen LogP contribution in [0, 0.1) is 0 Å². The molecular weight excluding hydrogens is 873 g/mol. The van der Waals surface area contributed by atoms with E-state index >= 15 is 0 Å². The largest absolute Gasteiger partial charge is 0.378 e. The molecule has 0 amide bonds. The summed E-state index contributed by atoms with van der Waals surface area (Å²) in [5.41, 5.74) is 0. The minimum absolute atomic E-state index is 0.497. The molecule has 0 aliphatic rings. The van der Waals surface area contributed by atoms with Gasteiger partial charge in [0.1, 0.15) is 0 Å². The molecule has 0 aliphatic heterocycles. The van der Waals surface area contributed by atoms with Crippen LogP contribution in [0.25, 0.3) is 0 Å². The maximum atomic E-state index is 5.51. The third kappa shape index (κ3) is 61.9. The van der Waals surface area contributed by atoms with Gasteiger partial charge in [0.25, 0.3) is 0 Å². The molecule has 0 aromatic carbocycles. The SMILES string of the molecule is CSCCOCCOCCOCCOCCOCCOCCOCCOCCOCCOCCOCCOCCOCCOCCOCCOCCOCCOCCOCCSC. The predicted molar refractivity (Wildman–Crippen MR) is 242 cm³/mol. The number of rotatable bonds is 60. The van der Waals surface area contributed by atoms with Crippen molar-refractivity contribution in [2.45, 2.75) is 0 Å². The average Bonchev–Trinajstić information content (AvgIpc) is 3.29. The first-order valence-corrected chi connectivity index (χ1v) is 25.2. The first-order chi connectivity index (χ1) is 31.4. The first-order valence-electron chi connectivity index (χ1n) is 22.4. The maximum absolute atomic E-state index is 5.51. The van der Waals surface area contributed by atoms with Crippen molar-refractivity contribution in [2.24, 2.45) is 0 Å². The topological polar surface area (TPSA) is 175 Å². The summed E-state index contributed by atoms with van der Waals surface area (Å²) in [7, 11) is 0. The lowest BCUT2D eigenvalue weighted by molar-refractivity contribution is -0.0311. The van der Waals surface area contributed by atoms with Crippen molar-refractivity contribution >= 4 is 23.5 Å². The van der Waals surface area contributed by atoms with Gasteiger partial charge < -0.3 is 90.0 Å². The molecule has 0 radical (unpaired) electrons. The molecule has 0 unspecified atom stereocenters. The van der Waals surface area contributed by atoms with Crippen molar-refractivity contribution in [3.63, 3.8) is 0 Å². The van der Waals surface area contributed by atoms with Crippen LogP contribution in [0.4, 0.5) is 0 Å². The van der Waals surface area contributed by atoms with E-state index in [4.69, 9.17) is 90.0 Å². The van der Waals surface area contributed by atoms with E-state index in [1.165, 1.54) is 0 Å². The molecule has 380 valence electrons.